The van der Waals surface area contributed by atoms with Crippen LogP contribution in [0.1, 0.15) is 13.8 Å². The zero-order valence-electron chi connectivity index (χ0n) is 10.6. The number of hydrogen-bond acceptors (Lipinski definition) is 4. The third-order valence-corrected chi connectivity index (χ3v) is 2.86. The van der Waals surface area contributed by atoms with Crippen LogP contribution in [-0.4, -0.2) is 40.7 Å². The Labute approximate surface area is 109 Å². The number of allylic oxidation sites excluding steroid dienone is 2. The highest BCUT2D eigenvalue weighted by molar-refractivity contribution is 5.92. The Bertz CT molecular complexity index is 520. The molecule has 0 saturated carbocycles. The summed E-state index contributed by atoms with van der Waals surface area (Å²) >= 11 is 0. The Kier molecular flexibility index (Phi) is 3.43. The number of nitrogens with zero attached hydrogens (tertiary/aromatic N) is 5. The van der Waals surface area contributed by atoms with Gasteiger partial charge < -0.3 is 4.74 Å². The summed E-state index contributed by atoms with van der Waals surface area (Å²) in [6.45, 7) is 3.72. The molecular formula is C11H13N5O3. The van der Waals surface area contributed by atoms with Crippen molar-refractivity contribution in [3.8, 4) is 0 Å². The highest BCUT2D eigenvalue weighted by Gasteiger charge is 2.50. The van der Waals surface area contributed by atoms with Crippen LogP contribution in [0.4, 0.5) is 4.79 Å². The Morgan fingerprint density at radius 3 is 3.00 bits per heavy atom. The quantitative estimate of drug-likeness (QED) is 0.328. The van der Waals surface area contributed by atoms with E-state index in [0.717, 1.165) is 10.6 Å². The number of amides is 2. The molecule has 19 heavy (non-hydrogen) atoms. The first-order valence-corrected chi connectivity index (χ1v) is 5.80. The molecule has 0 aromatic carbocycles. The molecule has 0 bridgehead atoms. The second-order valence-electron chi connectivity index (χ2n) is 4.09. The molecule has 1 fully saturated rings. The summed E-state index contributed by atoms with van der Waals surface area (Å²) in [5.41, 5.74) is 9.32. The van der Waals surface area contributed by atoms with Crippen LogP contribution in [0.25, 0.3) is 10.4 Å². The lowest BCUT2D eigenvalue weighted by molar-refractivity contribution is -0.165. The van der Waals surface area contributed by atoms with Gasteiger partial charge in [0.25, 0.3) is 5.91 Å². The molecule has 0 aromatic rings. The zero-order chi connectivity index (χ0) is 14.0. The Morgan fingerprint density at radius 2 is 2.37 bits per heavy atom. The van der Waals surface area contributed by atoms with Gasteiger partial charge in [0.15, 0.2) is 0 Å². The highest BCUT2D eigenvalue weighted by atomic mass is 16.6. The molecule has 2 aliphatic heterocycles. The van der Waals surface area contributed by atoms with Gasteiger partial charge in [-0.25, -0.2) is 9.80 Å². The molecular weight excluding hydrogens is 250 g/mol. The van der Waals surface area contributed by atoms with Crippen LogP contribution in [0.5, 0.6) is 0 Å². The van der Waals surface area contributed by atoms with Gasteiger partial charge in [0, 0.05) is 11.1 Å². The maximum atomic E-state index is 11.9. The standard InChI is InChI=1S/C11H13N5O3/c1-3-19-11(18)15-5-4-7(2)6-8-9(13-14-12)10(17)16(8)15/h4-6,8-9H,3H2,1-2H3/t8-,9+/m0/s1. The molecule has 0 N–H and O–H groups in total. The van der Waals surface area contributed by atoms with E-state index in [4.69, 9.17) is 10.3 Å². The predicted molar refractivity (Wildman–Crippen MR) is 65.3 cm³/mol. The van der Waals surface area contributed by atoms with Crippen molar-refractivity contribution >= 4 is 12.0 Å². The van der Waals surface area contributed by atoms with E-state index in [1.165, 1.54) is 11.2 Å². The molecule has 100 valence electrons. The Balaban J connectivity index is 2.30. The first-order valence-electron chi connectivity index (χ1n) is 5.80. The Hall–Kier alpha value is -2.47. The molecule has 0 radical (unpaired) electrons. The summed E-state index contributed by atoms with van der Waals surface area (Å²) in [6, 6.07) is -1.26. The second kappa shape index (κ2) is 5.03. The van der Waals surface area contributed by atoms with E-state index < -0.39 is 24.1 Å². The number of hydrazine groups is 1. The van der Waals surface area contributed by atoms with E-state index in [9.17, 15) is 9.59 Å². The van der Waals surface area contributed by atoms with E-state index in [1.807, 2.05) is 6.92 Å². The summed E-state index contributed by atoms with van der Waals surface area (Å²) in [5.74, 6) is -0.425. The fourth-order valence-electron chi connectivity index (χ4n) is 1.99. The minimum absolute atomic E-state index is 0.210. The van der Waals surface area contributed by atoms with E-state index in [1.54, 1.807) is 19.1 Å². The van der Waals surface area contributed by atoms with Crippen molar-refractivity contribution in [2.75, 3.05) is 6.61 Å². The first kappa shape index (κ1) is 13.0. The average Bonchev–Trinajstić information content (AvgIpc) is 2.53. The number of carbonyl (C=O) groups excluding carboxylic acids is 2. The number of fused-ring (bicyclic) bond motifs is 1. The summed E-state index contributed by atoms with van der Waals surface area (Å²) < 4.78 is 4.88. The largest absolute Gasteiger partial charge is 0.448 e. The lowest BCUT2D eigenvalue weighted by Crippen LogP contribution is -2.68. The lowest BCUT2D eigenvalue weighted by atomic mass is 9.96. The molecule has 0 aromatic heterocycles. The monoisotopic (exact) mass is 263 g/mol. The van der Waals surface area contributed by atoms with Crippen LogP contribution in [0.2, 0.25) is 0 Å². The fraction of sp³-hybridized carbons (Fsp3) is 0.455. The molecule has 0 spiro atoms. The number of carbonyl (C=O) groups is 2. The lowest BCUT2D eigenvalue weighted by Gasteiger charge is -2.46. The summed E-state index contributed by atoms with van der Waals surface area (Å²) in [7, 11) is 0. The van der Waals surface area contributed by atoms with Gasteiger partial charge in [-0.15, -0.1) is 0 Å². The maximum Gasteiger partial charge on any atom is 0.433 e. The van der Waals surface area contributed by atoms with Crippen LogP contribution < -0.4 is 0 Å². The van der Waals surface area contributed by atoms with Crippen LogP contribution in [-0.2, 0) is 9.53 Å². The van der Waals surface area contributed by atoms with Crippen LogP contribution in [0, 0.1) is 0 Å². The van der Waals surface area contributed by atoms with Crippen molar-refractivity contribution < 1.29 is 14.3 Å². The minimum Gasteiger partial charge on any atom is -0.448 e. The van der Waals surface area contributed by atoms with Crippen molar-refractivity contribution in [3.05, 3.63) is 34.4 Å². The minimum atomic E-state index is -0.809. The van der Waals surface area contributed by atoms with E-state index in [2.05, 4.69) is 10.0 Å². The van der Waals surface area contributed by atoms with E-state index in [-0.39, 0.29) is 6.61 Å². The molecule has 8 nitrogen and oxygen atoms in total. The van der Waals surface area contributed by atoms with Crippen LogP contribution in [0.3, 0.4) is 0 Å². The molecule has 2 amide bonds. The smallest absolute Gasteiger partial charge is 0.433 e. The third-order valence-electron chi connectivity index (χ3n) is 2.86. The fourth-order valence-corrected chi connectivity index (χ4v) is 1.99. The number of rotatable bonds is 2. The number of ether oxygens (including phenoxy) is 1. The van der Waals surface area contributed by atoms with Crippen molar-refractivity contribution in [2.45, 2.75) is 25.9 Å². The molecule has 0 unspecified atom stereocenters. The second-order valence-corrected chi connectivity index (χ2v) is 4.09. The van der Waals surface area contributed by atoms with Gasteiger partial charge in [-0.1, -0.05) is 16.8 Å². The van der Waals surface area contributed by atoms with Crippen molar-refractivity contribution in [3.63, 3.8) is 0 Å². The van der Waals surface area contributed by atoms with Gasteiger partial charge in [-0.05, 0) is 25.5 Å². The normalized spacial score (nSPS) is 24.7. The average molecular weight is 263 g/mol. The SMILES string of the molecule is CCOC(=O)N1C=CC(C)=C[C@H]2[C@@H](N=[N+]=[N-])C(=O)N21. The molecule has 2 heterocycles. The summed E-state index contributed by atoms with van der Waals surface area (Å²) in [6.07, 6.45) is 4.29. The number of hydrogen-bond donors (Lipinski definition) is 0. The van der Waals surface area contributed by atoms with Crippen molar-refractivity contribution in [1.29, 1.82) is 0 Å². The van der Waals surface area contributed by atoms with Crippen molar-refractivity contribution in [2.24, 2.45) is 5.11 Å². The molecule has 0 aliphatic carbocycles. The molecule has 2 aliphatic rings. The maximum absolute atomic E-state index is 11.9. The predicted octanol–water partition coefficient (Wildman–Crippen LogP) is 1.72. The molecule has 1 saturated heterocycles. The Morgan fingerprint density at radius 1 is 1.63 bits per heavy atom. The topological polar surface area (TPSA) is 98.6 Å². The van der Waals surface area contributed by atoms with Crippen molar-refractivity contribution in [1.82, 2.24) is 10.0 Å². The molecule has 2 rings (SSSR count). The van der Waals surface area contributed by atoms with Gasteiger partial charge >= 0.3 is 6.09 Å². The summed E-state index contributed by atoms with van der Waals surface area (Å²) in [5, 5.41) is 5.78. The highest BCUT2D eigenvalue weighted by Crippen LogP contribution is 2.30. The number of azide groups is 1. The van der Waals surface area contributed by atoms with Gasteiger partial charge in [-0.3, -0.25) is 4.79 Å². The molecule has 2 atom stereocenters. The van der Waals surface area contributed by atoms with Crippen LogP contribution >= 0.6 is 0 Å². The third kappa shape index (κ3) is 2.13. The van der Waals surface area contributed by atoms with Crippen LogP contribution in [0.15, 0.2) is 29.0 Å². The van der Waals surface area contributed by atoms with Gasteiger partial charge in [0.1, 0.15) is 6.04 Å². The van der Waals surface area contributed by atoms with Gasteiger partial charge in [0.05, 0.1) is 12.6 Å². The van der Waals surface area contributed by atoms with Gasteiger partial charge in [-0.2, -0.15) is 5.01 Å². The first-order chi connectivity index (χ1) is 9.10. The van der Waals surface area contributed by atoms with E-state index >= 15 is 0 Å². The van der Waals surface area contributed by atoms with Gasteiger partial charge in [0.2, 0.25) is 0 Å². The zero-order valence-corrected chi connectivity index (χ0v) is 10.6. The molecule has 8 heteroatoms. The van der Waals surface area contributed by atoms with E-state index in [0.29, 0.717) is 0 Å². The summed E-state index contributed by atoms with van der Waals surface area (Å²) in [4.78, 5) is 26.4. The number of β-lactam (4-membered cyclic amide) rings is 1.